The minimum absolute atomic E-state index is 0.110. The standard InChI is InChI=1S/C16H10F4O/c17-11-4-1-9(2-5-11)13-8-15(21)14-7-10(16(18,19)20)3-6-12(13)14/h1-7,13H,8H2. The molecule has 1 nitrogen and oxygen atoms in total. The highest BCUT2D eigenvalue weighted by Crippen LogP contribution is 2.40. The van der Waals surface area contributed by atoms with Crippen molar-refractivity contribution in [2.45, 2.75) is 18.5 Å². The van der Waals surface area contributed by atoms with Gasteiger partial charge in [-0.15, -0.1) is 0 Å². The normalized spacial score (nSPS) is 17.9. The third-order valence-electron chi connectivity index (χ3n) is 3.72. The SMILES string of the molecule is O=C1CC(c2ccc(F)cc2)c2ccc(C(F)(F)F)cc21. The van der Waals surface area contributed by atoms with E-state index in [4.69, 9.17) is 0 Å². The number of ketones is 1. The quantitative estimate of drug-likeness (QED) is 0.704. The highest BCUT2D eigenvalue weighted by Gasteiger charge is 2.35. The van der Waals surface area contributed by atoms with Crippen molar-refractivity contribution < 1.29 is 22.4 Å². The second-order valence-electron chi connectivity index (χ2n) is 5.03. The van der Waals surface area contributed by atoms with Gasteiger partial charge in [0.15, 0.2) is 5.78 Å². The molecular formula is C16H10F4O. The number of benzene rings is 2. The molecule has 0 saturated carbocycles. The summed E-state index contributed by atoms with van der Waals surface area (Å²) in [6.07, 6.45) is -4.36. The van der Waals surface area contributed by atoms with Crippen LogP contribution in [0.25, 0.3) is 0 Å². The van der Waals surface area contributed by atoms with Gasteiger partial charge in [0.05, 0.1) is 5.56 Å². The van der Waals surface area contributed by atoms with E-state index < -0.39 is 17.6 Å². The molecule has 108 valence electrons. The molecule has 1 aliphatic rings. The Morgan fingerprint density at radius 3 is 2.29 bits per heavy atom. The Hall–Kier alpha value is -2.17. The van der Waals surface area contributed by atoms with Crippen LogP contribution >= 0.6 is 0 Å². The lowest BCUT2D eigenvalue weighted by Crippen LogP contribution is -2.06. The van der Waals surface area contributed by atoms with Crippen LogP contribution in [0.1, 0.15) is 39.4 Å². The number of fused-ring (bicyclic) bond motifs is 1. The average molecular weight is 294 g/mol. The Balaban J connectivity index is 2.04. The predicted octanol–water partition coefficient (Wildman–Crippen LogP) is 4.56. The number of hydrogen-bond donors (Lipinski definition) is 0. The molecule has 3 rings (SSSR count). The van der Waals surface area contributed by atoms with Crippen molar-refractivity contribution in [3.05, 3.63) is 70.5 Å². The van der Waals surface area contributed by atoms with Crippen molar-refractivity contribution >= 4 is 5.78 Å². The first kappa shape index (κ1) is 13.8. The minimum Gasteiger partial charge on any atom is -0.294 e. The summed E-state index contributed by atoms with van der Waals surface area (Å²) in [6, 6.07) is 8.90. The lowest BCUT2D eigenvalue weighted by molar-refractivity contribution is -0.137. The molecule has 0 heterocycles. The molecule has 0 spiro atoms. The Kier molecular flexibility index (Phi) is 3.08. The van der Waals surface area contributed by atoms with Gasteiger partial charge in [-0.05, 0) is 35.4 Å². The second kappa shape index (κ2) is 4.69. The highest BCUT2D eigenvalue weighted by atomic mass is 19.4. The molecule has 0 fully saturated rings. The maximum Gasteiger partial charge on any atom is 0.416 e. The third kappa shape index (κ3) is 2.44. The van der Waals surface area contributed by atoms with Crippen molar-refractivity contribution in [2.24, 2.45) is 0 Å². The molecule has 1 aliphatic carbocycles. The number of hydrogen-bond acceptors (Lipinski definition) is 1. The average Bonchev–Trinajstić information content (AvgIpc) is 2.76. The fraction of sp³-hybridized carbons (Fsp3) is 0.188. The van der Waals surface area contributed by atoms with Crippen molar-refractivity contribution in [3.63, 3.8) is 0 Å². The molecular weight excluding hydrogens is 284 g/mol. The van der Waals surface area contributed by atoms with Crippen LogP contribution < -0.4 is 0 Å². The van der Waals surface area contributed by atoms with Gasteiger partial charge in [0.25, 0.3) is 0 Å². The Labute approximate surface area is 118 Å². The summed E-state index contributed by atoms with van der Waals surface area (Å²) in [6.45, 7) is 0. The molecule has 0 amide bonds. The van der Waals surface area contributed by atoms with E-state index in [0.717, 1.165) is 17.7 Å². The largest absolute Gasteiger partial charge is 0.416 e. The van der Waals surface area contributed by atoms with Crippen LogP contribution in [0.3, 0.4) is 0 Å². The molecule has 0 aliphatic heterocycles. The van der Waals surface area contributed by atoms with E-state index >= 15 is 0 Å². The van der Waals surface area contributed by atoms with Crippen LogP contribution in [0.4, 0.5) is 17.6 Å². The summed E-state index contributed by atoms with van der Waals surface area (Å²) >= 11 is 0. The molecule has 1 unspecified atom stereocenters. The van der Waals surface area contributed by atoms with Crippen LogP contribution in [0.15, 0.2) is 42.5 Å². The molecule has 0 bridgehead atoms. The molecule has 0 N–H and O–H groups in total. The predicted molar refractivity (Wildman–Crippen MR) is 68.6 cm³/mol. The van der Waals surface area contributed by atoms with Gasteiger partial charge in [-0.3, -0.25) is 4.79 Å². The monoisotopic (exact) mass is 294 g/mol. The lowest BCUT2D eigenvalue weighted by atomic mass is 9.92. The second-order valence-corrected chi connectivity index (χ2v) is 5.03. The Morgan fingerprint density at radius 1 is 1.00 bits per heavy atom. The zero-order valence-electron chi connectivity index (χ0n) is 10.7. The van der Waals surface area contributed by atoms with E-state index in [1.807, 2.05) is 0 Å². The minimum atomic E-state index is -4.47. The van der Waals surface area contributed by atoms with Gasteiger partial charge >= 0.3 is 6.18 Å². The van der Waals surface area contributed by atoms with E-state index in [1.165, 1.54) is 18.2 Å². The van der Waals surface area contributed by atoms with Gasteiger partial charge in [-0.1, -0.05) is 18.2 Å². The van der Waals surface area contributed by atoms with Crippen molar-refractivity contribution in [1.82, 2.24) is 0 Å². The first-order valence-corrected chi connectivity index (χ1v) is 6.36. The van der Waals surface area contributed by atoms with Gasteiger partial charge in [-0.2, -0.15) is 13.2 Å². The summed E-state index contributed by atoms with van der Waals surface area (Å²) in [5.74, 6) is -1.02. The molecule has 0 radical (unpaired) electrons. The number of Topliss-reactive ketones (excluding diaryl/α,β-unsaturated/α-hetero) is 1. The summed E-state index contributed by atoms with van der Waals surface area (Å²) < 4.78 is 51.0. The van der Waals surface area contributed by atoms with Crippen LogP contribution in [0.5, 0.6) is 0 Å². The van der Waals surface area contributed by atoms with E-state index in [0.29, 0.717) is 5.56 Å². The molecule has 5 heteroatoms. The van der Waals surface area contributed by atoms with Crippen molar-refractivity contribution in [2.75, 3.05) is 0 Å². The fourth-order valence-electron chi connectivity index (χ4n) is 2.68. The zero-order valence-corrected chi connectivity index (χ0v) is 10.7. The fourth-order valence-corrected chi connectivity index (χ4v) is 2.68. The van der Waals surface area contributed by atoms with Crippen LogP contribution in [-0.2, 0) is 6.18 Å². The van der Waals surface area contributed by atoms with Gasteiger partial charge in [0.1, 0.15) is 5.82 Å². The molecule has 1 atom stereocenters. The highest BCUT2D eigenvalue weighted by molar-refractivity contribution is 6.02. The van der Waals surface area contributed by atoms with E-state index in [2.05, 4.69) is 0 Å². The molecule has 2 aromatic rings. The number of alkyl halides is 3. The smallest absolute Gasteiger partial charge is 0.294 e. The van der Waals surface area contributed by atoms with Crippen LogP contribution in [0.2, 0.25) is 0 Å². The first-order chi connectivity index (χ1) is 9.86. The molecule has 21 heavy (non-hydrogen) atoms. The number of rotatable bonds is 1. The third-order valence-corrected chi connectivity index (χ3v) is 3.72. The van der Waals surface area contributed by atoms with Crippen LogP contribution in [0, 0.1) is 5.82 Å². The first-order valence-electron chi connectivity index (χ1n) is 6.36. The maximum absolute atomic E-state index is 12.9. The Bertz CT molecular complexity index is 701. The number of halogens is 4. The van der Waals surface area contributed by atoms with Gasteiger partial charge in [-0.25, -0.2) is 4.39 Å². The van der Waals surface area contributed by atoms with E-state index in [-0.39, 0.29) is 23.7 Å². The summed E-state index contributed by atoms with van der Waals surface area (Å²) in [5, 5.41) is 0. The lowest BCUT2D eigenvalue weighted by Gasteiger charge is -2.12. The van der Waals surface area contributed by atoms with Crippen molar-refractivity contribution in [3.8, 4) is 0 Å². The number of carbonyl (C=O) groups is 1. The summed E-state index contributed by atoms with van der Waals surface area (Å²) in [4.78, 5) is 12.0. The van der Waals surface area contributed by atoms with Gasteiger partial charge < -0.3 is 0 Å². The maximum atomic E-state index is 12.9. The summed E-state index contributed by atoms with van der Waals surface area (Å²) in [7, 11) is 0. The summed E-state index contributed by atoms with van der Waals surface area (Å²) in [5.41, 5.74) is 0.580. The molecule has 0 aromatic heterocycles. The molecule has 2 aromatic carbocycles. The Morgan fingerprint density at radius 2 is 1.67 bits per heavy atom. The van der Waals surface area contributed by atoms with E-state index in [9.17, 15) is 22.4 Å². The number of carbonyl (C=O) groups excluding carboxylic acids is 1. The van der Waals surface area contributed by atoms with Crippen molar-refractivity contribution in [1.29, 1.82) is 0 Å². The topological polar surface area (TPSA) is 17.1 Å². The van der Waals surface area contributed by atoms with Gasteiger partial charge in [0, 0.05) is 17.9 Å². The van der Waals surface area contributed by atoms with Gasteiger partial charge in [0.2, 0.25) is 0 Å². The molecule has 0 saturated heterocycles. The zero-order chi connectivity index (χ0) is 15.2. The van der Waals surface area contributed by atoms with E-state index in [1.54, 1.807) is 12.1 Å². The van der Waals surface area contributed by atoms with Crippen LogP contribution in [-0.4, -0.2) is 5.78 Å².